The molecule has 2 aliphatic carbocycles. The van der Waals surface area contributed by atoms with Crippen molar-refractivity contribution in [1.82, 2.24) is 15.5 Å². The highest BCUT2D eigenvalue weighted by atomic mass is 16.1. The number of likely N-dealkylation sites (N-methyl/N-ethyl adjacent to an activating group) is 1. The van der Waals surface area contributed by atoms with Crippen LogP contribution in [0.15, 0.2) is 0 Å². The summed E-state index contributed by atoms with van der Waals surface area (Å²) in [6, 6.07) is 0. The predicted molar refractivity (Wildman–Crippen MR) is 73.5 cm³/mol. The Balaban J connectivity index is 1.66. The molecule has 0 unspecified atom stereocenters. The molecular weight excluding hydrogens is 226 g/mol. The Morgan fingerprint density at radius 1 is 1.28 bits per heavy atom. The average Bonchev–Trinajstić information content (AvgIpc) is 3.03. The maximum Gasteiger partial charge on any atom is 0.234 e. The largest absolute Gasteiger partial charge is 0.353 e. The van der Waals surface area contributed by atoms with E-state index < -0.39 is 0 Å². The summed E-state index contributed by atoms with van der Waals surface area (Å²) >= 11 is 0. The normalized spacial score (nSPS) is 22.4. The van der Waals surface area contributed by atoms with Crippen molar-refractivity contribution in [3.8, 4) is 0 Å². The fraction of sp³-hybridized carbons (Fsp3) is 0.929. The number of carbonyl (C=O) groups is 1. The highest BCUT2D eigenvalue weighted by Gasteiger charge is 2.36. The van der Waals surface area contributed by atoms with E-state index in [1.807, 2.05) is 0 Å². The van der Waals surface area contributed by atoms with Crippen LogP contribution in [0.4, 0.5) is 0 Å². The molecule has 2 saturated carbocycles. The molecule has 0 atom stereocenters. The second-order valence-electron chi connectivity index (χ2n) is 6.18. The van der Waals surface area contributed by atoms with Crippen LogP contribution in [0.3, 0.4) is 0 Å². The van der Waals surface area contributed by atoms with Crippen molar-refractivity contribution in [2.75, 3.05) is 33.7 Å². The molecule has 4 nitrogen and oxygen atoms in total. The standard InChI is InChI=1S/C14H27N3O/c1-17(2)14(7-3-4-8-14)11-16-13(18)10-15-9-12-5-6-12/h12,15H,3-11H2,1-2H3,(H,16,18). The number of nitrogens with zero attached hydrogens (tertiary/aromatic N) is 1. The van der Waals surface area contributed by atoms with Gasteiger partial charge in [-0.15, -0.1) is 0 Å². The van der Waals surface area contributed by atoms with E-state index in [0.717, 1.165) is 19.0 Å². The molecule has 18 heavy (non-hydrogen) atoms. The van der Waals surface area contributed by atoms with Crippen LogP contribution >= 0.6 is 0 Å². The van der Waals surface area contributed by atoms with Crippen LogP contribution < -0.4 is 10.6 Å². The van der Waals surface area contributed by atoms with Gasteiger partial charge in [-0.3, -0.25) is 4.79 Å². The van der Waals surface area contributed by atoms with Gasteiger partial charge in [0.05, 0.1) is 6.54 Å². The topological polar surface area (TPSA) is 44.4 Å². The molecule has 104 valence electrons. The minimum absolute atomic E-state index is 0.142. The summed E-state index contributed by atoms with van der Waals surface area (Å²) < 4.78 is 0. The number of nitrogens with one attached hydrogen (secondary N) is 2. The van der Waals surface area contributed by atoms with Crippen molar-refractivity contribution in [2.45, 2.75) is 44.1 Å². The fourth-order valence-electron chi connectivity index (χ4n) is 2.85. The van der Waals surface area contributed by atoms with E-state index in [4.69, 9.17) is 0 Å². The SMILES string of the molecule is CN(C)C1(CNC(=O)CNCC2CC2)CCCC1. The van der Waals surface area contributed by atoms with Gasteiger partial charge in [0.25, 0.3) is 0 Å². The maximum absolute atomic E-state index is 11.8. The Bertz CT molecular complexity index is 281. The van der Waals surface area contributed by atoms with Crippen LogP contribution in [-0.4, -0.2) is 50.1 Å². The molecule has 4 heteroatoms. The highest BCUT2D eigenvalue weighted by Crippen LogP contribution is 2.33. The second-order valence-corrected chi connectivity index (χ2v) is 6.18. The van der Waals surface area contributed by atoms with Crippen molar-refractivity contribution in [3.63, 3.8) is 0 Å². The van der Waals surface area contributed by atoms with Gasteiger partial charge in [-0.05, 0) is 52.2 Å². The lowest BCUT2D eigenvalue weighted by molar-refractivity contribution is -0.120. The van der Waals surface area contributed by atoms with Crippen molar-refractivity contribution in [1.29, 1.82) is 0 Å². The van der Waals surface area contributed by atoms with Crippen molar-refractivity contribution in [3.05, 3.63) is 0 Å². The van der Waals surface area contributed by atoms with E-state index >= 15 is 0 Å². The lowest BCUT2D eigenvalue weighted by Crippen LogP contribution is -2.52. The molecule has 0 aliphatic heterocycles. The van der Waals surface area contributed by atoms with Crippen molar-refractivity contribution < 1.29 is 4.79 Å². The quantitative estimate of drug-likeness (QED) is 0.711. The predicted octanol–water partition coefficient (Wildman–Crippen LogP) is 0.977. The Labute approximate surface area is 110 Å². The van der Waals surface area contributed by atoms with Gasteiger partial charge in [0.15, 0.2) is 0 Å². The number of amides is 1. The van der Waals surface area contributed by atoms with Crippen molar-refractivity contribution >= 4 is 5.91 Å². The monoisotopic (exact) mass is 253 g/mol. The summed E-state index contributed by atoms with van der Waals surface area (Å²) in [7, 11) is 4.26. The minimum Gasteiger partial charge on any atom is -0.353 e. The Hall–Kier alpha value is -0.610. The Morgan fingerprint density at radius 3 is 2.50 bits per heavy atom. The van der Waals surface area contributed by atoms with Crippen LogP contribution in [0.1, 0.15) is 38.5 Å². The number of carbonyl (C=O) groups excluding carboxylic acids is 1. The molecule has 1 amide bonds. The number of hydrogen-bond acceptors (Lipinski definition) is 3. The lowest BCUT2D eigenvalue weighted by atomic mass is 9.96. The first-order valence-corrected chi connectivity index (χ1v) is 7.27. The minimum atomic E-state index is 0.142. The molecule has 0 saturated heterocycles. The van der Waals surface area contributed by atoms with Gasteiger partial charge in [-0.1, -0.05) is 12.8 Å². The highest BCUT2D eigenvalue weighted by molar-refractivity contribution is 5.78. The van der Waals surface area contributed by atoms with E-state index in [0.29, 0.717) is 6.54 Å². The van der Waals surface area contributed by atoms with Crippen LogP contribution in [-0.2, 0) is 4.79 Å². The zero-order valence-corrected chi connectivity index (χ0v) is 11.8. The van der Waals surface area contributed by atoms with Crippen LogP contribution in [0.2, 0.25) is 0 Å². The summed E-state index contributed by atoms with van der Waals surface area (Å²) in [6.07, 6.45) is 7.64. The molecular formula is C14H27N3O. The van der Waals surface area contributed by atoms with Gasteiger partial charge in [-0.25, -0.2) is 0 Å². The number of hydrogen-bond donors (Lipinski definition) is 2. The van der Waals surface area contributed by atoms with E-state index in [-0.39, 0.29) is 11.4 Å². The molecule has 0 aromatic carbocycles. The van der Waals surface area contributed by atoms with Gasteiger partial charge in [0.1, 0.15) is 0 Å². The zero-order chi connectivity index (χ0) is 13.0. The summed E-state index contributed by atoms with van der Waals surface area (Å²) in [5, 5.41) is 6.34. The first kappa shape index (κ1) is 13.8. The third kappa shape index (κ3) is 3.69. The summed E-state index contributed by atoms with van der Waals surface area (Å²) in [4.78, 5) is 14.1. The van der Waals surface area contributed by atoms with Gasteiger partial charge in [-0.2, -0.15) is 0 Å². The van der Waals surface area contributed by atoms with Gasteiger partial charge in [0.2, 0.25) is 5.91 Å². The van der Waals surface area contributed by atoms with Crippen LogP contribution in [0, 0.1) is 5.92 Å². The van der Waals surface area contributed by atoms with Gasteiger partial charge in [0, 0.05) is 12.1 Å². The second kappa shape index (κ2) is 6.02. The third-order valence-electron chi connectivity index (χ3n) is 4.51. The van der Waals surface area contributed by atoms with E-state index in [1.165, 1.54) is 38.5 Å². The third-order valence-corrected chi connectivity index (χ3v) is 4.51. The molecule has 2 aliphatic rings. The lowest BCUT2D eigenvalue weighted by Gasteiger charge is -2.36. The van der Waals surface area contributed by atoms with Crippen LogP contribution in [0.5, 0.6) is 0 Å². The molecule has 2 fully saturated rings. The fourth-order valence-corrected chi connectivity index (χ4v) is 2.85. The molecule has 0 heterocycles. The summed E-state index contributed by atoms with van der Waals surface area (Å²) in [6.45, 7) is 2.27. The van der Waals surface area contributed by atoms with Crippen molar-refractivity contribution in [2.24, 2.45) is 5.92 Å². The van der Waals surface area contributed by atoms with E-state index in [9.17, 15) is 4.79 Å². The van der Waals surface area contributed by atoms with Crippen LogP contribution in [0.25, 0.3) is 0 Å². The Morgan fingerprint density at radius 2 is 1.94 bits per heavy atom. The first-order valence-electron chi connectivity index (χ1n) is 7.27. The van der Waals surface area contributed by atoms with Gasteiger partial charge < -0.3 is 15.5 Å². The number of rotatable bonds is 7. The van der Waals surface area contributed by atoms with E-state index in [1.54, 1.807) is 0 Å². The smallest absolute Gasteiger partial charge is 0.234 e. The maximum atomic E-state index is 11.8. The molecule has 2 N–H and O–H groups in total. The van der Waals surface area contributed by atoms with E-state index in [2.05, 4.69) is 29.6 Å². The molecule has 0 radical (unpaired) electrons. The molecule has 0 spiro atoms. The molecule has 0 aromatic heterocycles. The summed E-state index contributed by atoms with van der Waals surface area (Å²) in [5.74, 6) is 0.976. The molecule has 2 rings (SSSR count). The molecule has 0 bridgehead atoms. The Kier molecular flexibility index (Phi) is 4.62. The van der Waals surface area contributed by atoms with Gasteiger partial charge >= 0.3 is 0 Å². The molecule has 0 aromatic rings. The summed E-state index contributed by atoms with van der Waals surface area (Å²) in [5.41, 5.74) is 0.201. The first-order chi connectivity index (χ1) is 8.62. The average molecular weight is 253 g/mol. The zero-order valence-electron chi connectivity index (χ0n) is 11.8.